The van der Waals surface area contributed by atoms with E-state index in [0.717, 1.165) is 61.9 Å². The number of rotatable bonds is 6. The molecule has 8 nitrogen and oxygen atoms in total. The first-order chi connectivity index (χ1) is 15.8. The number of unbranched alkanes of at least 4 members (excludes halogenated alkanes) is 2. The van der Waals surface area contributed by atoms with Gasteiger partial charge in [0, 0.05) is 30.6 Å². The number of benzene rings is 1. The van der Waals surface area contributed by atoms with Gasteiger partial charge in [-0.05, 0) is 65.0 Å². The first-order valence-corrected chi connectivity index (χ1v) is 11.6. The molecule has 0 bridgehead atoms. The summed E-state index contributed by atoms with van der Waals surface area (Å²) < 4.78 is 6.87. The molecule has 33 heavy (non-hydrogen) atoms. The highest BCUT2D eigenvalue weighted by Crippen LogP contribution is 2.21. The lowest BCUT2D eigenvalue weighted by molar-refractivity contribution is -0.124. The number of carbonyl (C=O) groups is 2. The maximum Gasteiger partial charge on any atom is 0.407 e. The van der Waals surface area contributed by atoms with Crippen LogP contribution in [0.15, 0.2) is 30.5 Å². The third-order valence-corrected chi connectivity index (χ3v) is 5.15. The summed E-state index contributed by atoms with van der Waals surface area (Å²) in [5, 5.41) is 14.1. The Labute approximate surface area is 195 Å². The Bertz CT molecular complexity index is 996. The molecule has 1 aromatic carbocycles. The van der Waals surface area contributed by atoms with Gasteiger partial charge in [-0.1, -0.05) is 29.2 Å². The molecule has 2 amide bonds. The molecule has 1 fully saturated rings. The van der Waals surface area contributed by atoms with Gasteiger partial charge in [-0.25, -0.2) is 9.48 Å². The number of amides is 2. The minimum atomic E-state index is -0.479. The van der Waals surface area contributed by atoms with Crippen LogP contribution in [0.5, 0.6) is 0 Å². The van der Waals surface area contributed by atoms with Crippen LogP contribution in [0.25, 0.3) is 11.3 Å². The first kappa shape index (κ1) is 24.3. The van der Waals surface area contributed by atoms with Gasteiger partial charge in [-0.3, -0.25) is 4.79 Å². The van der Waals surface area contributed by atoms with Gasteiger partial charge in [0.1, 0.15) is 17.3 Å². The molecule has 0 aliphatic carbocycles. The molecule has 0 radical (unpaired) electrons. The van der Waals surface area contributed by atoms with Gasteiger partial charge in [-0.15, -0.1) is 5.10 Å². The number of nitrogens with zero attached hydrogens (tertiary/aromatic N) is 3. The Hall–Kier alpha value is -3.34. The Morgan fingerprint density at radius 2 is 2.03 bits per heavy atom. The van der Waals surface area contributed by atoms with Crippen molar-refractivity contribution in [3.63, 3.8) is 0 Å². The minimum Gasteiger partial charge on any atom is -0.444 e. The van der Waals surface area contributed by atoms with E-state index in [1.165, 1.54) is 0 Å². The fraction of sp³-hybridized carbons (Fsp3) is 0.520. The lowest BCUT2D eigenvalue weighted by Crippen LogP contribution is -2.32. The molecule has 0 spiro atoms. The van der Waals surface area contributed by atoms with Crippen molar-refractivity contribution < 1.29 is 14.3 Å². The molecule has 8 heteroatoms. The average Bonchev–Trinajstić information content (AvgIpc) is 3.14. The van der Waals surface area contributed by atoms with Gasteiger partial charge in [-0.2, -0.15) is 0 Å². The van der Waals surface area contributed by atoms with E-state index in [4.69, 9.17) is 4.74 Å². The summed E-state index contributed by atoms with van der Waals surface area (Å²) in [5.74, 6) is 6.35. The van der Waals surface area contributed by atoms with Gasteiger partial charge < -0.3 is 15.4 Å². The average molecular weight is 452 g/mol. The zero-order valence-electron chi connectivity index (χ0n) is 19.7. The molecule has 3 rings (SSSR count). The maximum atomic E-state index is 12.2. The van der Waals surface area contributed by atoms with E-state index in [-0.39, 0.29) is 18.0 Å². The van der Waals surface area contributed by atoms with Crippen LogP contribution in [0.2, 0.25) is 0 Å². The molecule has 2 N–H and O–H groups in total. The zero-order valence-corrected chi connectivity index (χ0v) is 19.7. The van der Waals surface area contributed by atoms with E-state index in [1.54, 1.807) is 4.68 Å². The summed E-state index contributed by atoms with van der Waals surface area (Å²) in [5.41, 5.74) is 2.13. The number of carbonyl (C=O) groups excluding carboxylic acids is 2. The van der Waals surface area contributed by atoms with Crippen molar-refractivity contribution in [3.8, 4) is 23.1 Å². The number of hydrogen-bond donors (Lipinski definition) is 2. The highest BCUT2D eigenvalue weighted by atomic mass is 16.6. The lowest BCUT2D eigenvalue weighted by atomic mass is 10.1. The number of nitrogens with one attached hydrogen (secondary N) is 2. The van der Waals surface area contributed by atoms with Crippen molar-refractivity contribution in [1.29, 1.82) is 0 Å². The van der Waals surface area contributed by atoms with Crippen LogP contribution in [0.4, 0.5) is 4.79 Å². The first-order valence-electron chi connectivity index (χ1n) is 11.6. The summed E-state index contributed by atoms with van der Waals surface area (Å²) in [4.78, 5) is 23.8. The molecule has 1 aliphatic rings. The molecule has 1 atom stereocenters. The second kappa shape index (κ2) is 11.5. The van der Waals surface area contributed by atoms with Crippen LogP contribution in [-0.4, -0.2) is 45.7 Å². The Morgan fingerprint density at radius 3 is 2.79 bits per heavy atom. The predicted octanol–water partition coefficient (Wildman–Crippen LogP) is 3.83. The Kier molecular flexibility index (Phi) is 8.47. The van der Waals surface area contributed by atoms with Crippen molar-refractivity contribution >= 4 is 12.0 Å². The third kappa shape index (κ3) is 7.94. The number of alkyl carbamates (subject to hydrolysis) is 1. The fourth-order valence-corrected chi connectivity index (χ4v) is 3.47. The van der Waals surface area contributed by atoms with E-state index in [2.05, 4.69) is 32.8 Å². The van der Waals surface area contributed by atoms with Crippen LogP contribution in [-0.2, 0) is 9.53 Å². The van der Waals surface area contributed by atoms with Crippen LogP contribution in [0.1, 0.15) is 70.9 Å². The summed E-state index contributed by atoms with van der Waals surface area (Å²) in [7, 11) is 0. The molecule has 1 aromatic heterocycles. The quantitative estimate of drug-likeness (QED) is 0.514. The van der Waals surface area contributed by atoms with Crippen LogP contribution in [0.3, 0.4) is 0 Å². The number of aromatic nitrogens is 3. The third-order valence-electron chi connectivity index (χ3n) is 5.15. The summed E-state index contributed by atoms with van der Waals surface area (Å²) in [6.07, 6.45) is 6.73. The molecular formula is C25H33N5O3. The van der Waals surface area contributed by atoms with Crippen LogP contribution < -0.4 is 10.6 Å². The topological polar surface area (TPSA) is 98.1 Å². The SMILES string of the molecule is CC(C)(C)OC(=O)NCCCCC#Cc1ccc(-c2cn(C3CCCCNC3=O)nn2)cc1. The molecule has 1 unspecified atom stereocenters. The van der Waals surface area contributed by atoms with Gasteiger partial charge >= 0.3 is 6.09 Å². The maximum absolute atomic E-state index is 12.2. The molecule has 2 aromatic rings. The minimum absolute atomic E-state index is 0.00944. The molecule has 2 heterocycles. The van der Waals surface area contributed by atoms with E-state index in [0.29, 0.717) is 6.54 Å². The van der Waals surface area contributed by atoms with Crippen molar-refractivity contribution in [2.75, 3.05) is 13.1 Å². The fourth-order valence-electron chi connectivity index (χ4n) is 3.47. The van der Waals surface area contributed by atoms with Gasteiger partial charge in [0.15, 0.2) is 0 Å². The molecule has 176 valence electrons. The standard InChI is InChI=1S/C25H33N5O3/c1-25(2,3)33-24(32)27-17-8-5-4-6-10-19-12-14-20(15-13-19)21-18-30(29-28-21)22-11-7-9-16-26-23(22)31/h12-15,18,22H,4-5,7-9,11,16-17H2,1-3H3,(H,26,31)(H,27,32). The molecule has 1 saturated heterocycles. The second-order valence-corrected chi connectivity index (χ2v) is 9.15. The second-order valence-electron chi connectivity index (χ2n) is 9.15. The summed E-state index contributed by atoms with van der Waals surface area (Å²) >= 11 is 0. The van der Waals surface area contributed by atoms with Crippen molar-refractivity contribution in [2.45, 2.75) is 70.9 Å². The highest BCUT2D eigenvalue weighted by Gasteiger charge is 2.23. The summed E-state index contributed by atoms with van der Waals surface area (Å²) in [6.45, 7) is 6.83. The number of hydrogen-bond acceptors (Lipinski definition) is 5. The normalized spacial score (nSPS) is 16.2. The van der Waals surface area contributed by atoms with Crippen molar-refractivity contribution in [1.82, 2.24) is 25.6 Å². The number of ether oxygens (including phenoxy) is 1. The van der Waals surface area contributed by atoms with Crippen LogP contribution >= 0.6 is 0 Å². The van der Waals surface area contributed by atoms with Gasteiger partial charge in [0.05, 0.1) is 6.20 Å². The lowest BCUT2D eigenvalue weighted by Gasteiger charge is -2.19. The smallest absolute Gasteiger partial charge is 0.407 e. The largest absolute Gasteiger partial charge is 0.444 e. The zero-order chi connectivity index (χ0) is 23.7. The van der Waals surface area contributed by atoms with Crippen molar-refractivity contribution in [2.24, 2.45) is 0 Å². The predicted molar refractivity (Wildman–Crippen MR) is 126 cm³/mol. The molecule has 0 saturated carbocycles. The Balaban J connectivity index is 1.44. The van der Waals surface area contributed by atoms with E-state index in [9.17, 15) is 9.59 Å². The van der Waals surface area contributed by atoms with E-state index >= 15 is 0 Å². The monoisotopic (exact) mass is 451 g/mol. The highest BCUT2D eigenvalue weighted by molar-refractivity contribution is 5.80. The van der Waals surface area contributed by atoms with Gasteiger partial charge in [0.2, 0.25) is 5.91 Å². The van der Waals surface area contributed by atoms with Crippen molar-refractivity contribution in [3.05, 3.63) is 36.0 Å². The molecule has 1 aliphatic heterocycles. The molecular weight excluding hydrogens is 418 g/mol. The van der Waals surface area contributed by atoms with E-state index < -0.39 is 5.60 Å². The summed E-state index contributed by atoms with van der Waals surface area (Å²) in [6, 6.07) is 7.57. The van der Waals surface area contributed by atoms with Gasteiger partial charge in [0.25, 0.3) is 0 Å². The van der Waals surface area contributed by atoms with Crippen LogP contribution in [0, 0.1) is 11.8 Å². The van der Waals surface area contributed by atoms with E-state index in [1.807, 2.05) is 51.2 Å². The Morgan fingerprint density at radius 1 is 1.24 bits per heavy atom.